The normalized spacial score (nSPS) is 14.8. The molecule has 2 unspecified atom stereocenters. The summed E-state index contributed by atoms with van der Waals surface area (Å²) in [5, 5.41) is 3.85. The van der Waals surface area contributed by atoms with Crippen LogP contribution >= 0.6 is 15.9 Å². The lowest BCUT2D eigenvalue weighted by molar-refractivity contribution is 0.284. The van der Waals surface area contributed by atoms with E-state index in [-0.39, 0.29) is 0 Å². The van der Waals surface area contributed by atoms with Gasteiger partial charge in [0.15, 0.2) is 0 Å². The summed E-state index contributed by atoms with van der Waals surface area (Å²) >= 11 is 3.57. The van der Waals surface area contributed by atoms with Crippen molar-refractivity contribution in [1.82, 2.24) is 10.2 Å². The van der Waals surface area contributed by atoms with Gasteiger partial charge in [0.1, 0.15) is 0 Å². The molecule has 3 heteroatoms. The van der Waals surface area contributed by atoms with Gasteiger partial charge in [-0.2, -0.15) is 0 Å². The Hall–Kier alpha value is -0.380. The average molecular weight is 341 g/mol. The van der Waals surface area contributed by atoms with Crippen molar-refractivity contribution in [3.63, 3.8) is 0 Å². The summed E-state index contributed by atoms with van der Waals surface area (Å²) in [5.74, 6) is 0.715. The van der Waals surface area contributed by atoms with Crippen LogP contribution < -0.4 is 5.32 Å². The minimum absolute atomic E-state index is 0.427. The van der Waals surface area contributed by atoms with E-state index in [2.05, 4.69) is 85.3 Å². The highest BCUT2D eigenvalue weighted by Crippen LogP contribution is 2.22. The van der Waals surface area contributed by atoms with E-state index in [1.54, 1.807) is 0 Å². The van der Waals surface area contributed by atoms with E-state index < -0.39 is 0 Å². The molecule has 1 aromatic rings. The van der Waals surface area contributed by atoms with Gasteiger partial charge in [-0.3, -0.25) is 0 Å². The highest BCUT2D eigenvalue weighted by Gasteiger charge is 2.17. The molecule has 1 N–H and O–H groups in total. The fourth-order valence-electron chi connectivity index (χ4n) is 2.66. The predicted molar refractivity (Wildman–Crippen MR) is 92.1 cm³/mol. The molecule has 0 heterocycles. The highest BCUT2D eigenvalue weighted by molar-refractivity contribution is 9.10. The summed E-state index contributed by atoms with van der Waals surface area (Å²) < 4.78 is 1.16. The third-order valence-electron chi connectivity index (χ3n) is 3.44. The van der Waals surface area contributed by atoms with E-state index >= 15 is 0 Å². The SMILES string of the molecule is CCC(NC(CC(C)C)CN(C)C)c1cccc(Br)c1. The Labute approximate surface area is 133 Å². The molecule has 0 aliphatic heterocycles. The highest BCUT2D eigenvalue weighted by atomic mass is 79.9. The van der Waals surface area contributed by atoms with E-state index in [1.165, 1.54) is 12.0 Å². The number of rotatable bonds is 8. The molecule has 2 nitrogen and oxygen atoms in total. The maximum atomic E-state index is 3.85. The van der Waals surface area contributed by atoms with Crippen LogP contribution in [0.1, 0.15) is 45.2 Å². The van der Waals surface area contributed by atoms with Crippen molar-refractivity contribution in [2.75, 3.05) is 20.6 Å². The van der Waals surface area contributed by atoms with Crippen molar-refractivity contribution in [1.29, 1.82) is 0 Å². The van der Waals surface area contributed by atoms with Gasteiger partial charge in [0.2, 0.25) is 0 Å². The van der Waals surface area contributed by atoms with Crippen LogP contribution in [0, 0.1) is 5.92 Å². The van der Waals surface area contributed by atoms with Gasteiger partial charge in [-0.25, -0.2) is 0 Å². The predicted octanol–water partition coefficient (Wildman–Crippen LogP) is 4.47. The first kappa shape index (κ1) is 17.7. The fraction of sp³-hybridized carbons (Fsp3) is 0.647. The molecule has 0 radical (unpaired) electrons. The smallest absolute Gasteiger partial charge is 0.0320 e. The van der Waals surface area contributed by atoms with E-state index in [1.807, 2.05) is 0 Å². The molecule has 0 saturated heterocycles. The number of nitrogens with zero attached hydrogens (tertiary/aromatic N) is 1. The number of hydrogen-bond acceptors (Lipinski definition) is 2. The molecule has 0 fully saturated rings. The van der Waals surface area contributed by atoms with Crippen LogP contribution in [0.5, 0.6) is 0 Å². The number of benzene rings is 1. The first-order valence-electron chi connectivity index (χ1n) is 7.58. The Morgan fingerprint density at radius 1 is 1.25 bits per heavy atom. The van der Waals surface area contributed by atoms with E-state index in [0.29, 0.717) is 18.0 Å². The van der Waals surface area contributed by atoms with Crippen molar-refractivity contribution < 1.29 is 0 Å². The van der Waals surface area contributed by atoms with Gasteiger partial charge in [0, 0.05) is 23.1 Å². The van der Waals surface area contributed by atoms with Crippen LogP contribution in [0.2, 0.25) is 0 Å². The van der Waals surface area contributed by atoms with E-state index in [4.69, 9.17) is 0 Å². The van der Waals surface area contributed by atoms with Crippen molar-refractivity contribution in [2.24, 2.45) is 5.92 Å². The number of halogens is 1. The number of hydrogen-bond donors (Lipinski definition) is 1. The molecule has 0 aliphatic carbocycles. The quantitative estimate of drug-likeness (QED) is 0.751. The second-order valence-corrected chi connectivity index (χ2v) is 7.19. The lowest BCUT2D eigenvalue weighted by atomic mass is 9.99. The molecule has 1 aromatic carbocycles. The molecular weight excluding hydrogens is 312 g/mol. The van der Waals surface area contributed by atoms with Gasteiger partial charge in [-0.1, -0.05) is 48.8 Å². The summed E-state index contributed by atoms with van der Waals surface area (Å²) in [6.45, 7) is 7.93. The monoisotopic (exact) mass is 340 g/mol. The summed E-state index contributed by atoms with van der Waals surface area (Å²) in [5.41, 5.74) is 1.37. The lowest BCUT2D eigenvalue weighted by Gasteiger charge is -2.29. The van der Waals surface area contributed by atoms with Crippen molar-refractivity contribution >= 4 is 15.9 Å². The van der Waals surface area contributed by atoms with E-state index in [9.17, 15) is 0 Å². The molecule has 20 heavy (non-hydrogen) atoms. The van der Waals surface area contributed by atoms with Gasteiger partial charge in [-0.15, -0.1) is 0 Å². The molecule has 0 amide bonds. The van der Waals surface area contributed by atoms with Crippen LogP contribution in [0.4, 0.5) is 0 Å². The van der Waals surface area contributed by atoms with Crippen molar-refractivity contribution in [3.8, 4) is 0 Å². The summed E-state index contributed by atoms with van der Waals surface area (Å²) in [6.07, 6.45) is 2.32. The van der Waals surface area contributed by atoms with Crippen molar-refractivity contribution in [3.05, 3.63) is 34.3 Å². The van der Waals surface area contributed by atoms with Crippen LogP contribution in [-0.4, -0.2) is 31.6 Å². The maximum Gasteiger partial charge on any atom is 0.0320 e. The van der Waals surface area contributed by atoms with Gasteiger partial charge in [0.25, 0.3) is 0 Å². The Kier molecular flexibility index (Phi) is 7.78. The summed E-state index contributed by atoms with van der Waals surface area (Å²) in [6, 6.07) is 9.61. The maximum absolute atomic E-state index is 3.85. The van der Waals surface area contributed by atoms with Crippen LogP contribution in [0.15, 0.2) is 28.7 Å². The fourth-order valence-corrected chi connectivity index (χ4v) is 3.08. The Morgan fingerprint density at radius 2 is 1.95 bits per heavy atom. The molecule has 0 aromatic heterocycles. The van der Waals surface area contributed by atoms with Crippen LogP contribution in [0.3, 0.4) is 0 Å². The third-order valence-corrected chi connectivity index (χ3v) is 3.93. The van der Waals surface area contributed by atoms with Crippen molar-refractivity contribution in [2.45, 2.75) is 45.7 Å². The van der Waals surface area contributed by atoms with Crippen LogP contribution in [-0.2, 0) is 0 Å². The number of nitrogens with one attached hydrogen (secondary N) is 1. The van der Waals surface area contributed by atoms with Gasteiger partial charge >= 0.3 is 0 Å². The Bertz CT molecular complexity index is 380. The minimum atomic E-state index is 0.427. The van der Waals surface area contributed by atoms with Gasteiger partial charge < -0.3 is 10.2 Å². The largest absolute Gasteiger partial charge is 0.308 e. The molecule has 0 aliphatic rings. The van der Waals surface area contributed by atoms with Gasteiger partial charge in [-0.05, 0) is 50.6 Å². The Morgan fingerprint density at radius 3 is 2.45 bits per heavy atom. The summed E-state index contributed by atoms with van der Waals surface area (Å²) in [7, 11) is 4.30. The first-order chi connectivity index (χ1) is 9.42. The topological polar surface area (TPSA) is 15.3 Å². The molecule has 2 atom stereocenters. The zero-order valence-corrected chi connectivity index (χ0v) is 15.1. The molecular formula is C17H29BrN2. The standard InChI is InChI=1S/C17H29BrN2/c1-6-17(14-8-7-9-15(18)11-14)19-16(10-13(2)3)12-20(4)5/h7-9,11,13,16-17,19H,6,10,12H2,1-5H3. The van der Waals surface area contributed by atoms with Crippen LogP contribution in [0.25, 0.3) is 0 Å². The third kappa shape index (κ3) is 6.38. The molecule has 0 bridgehead atoms. The average Bonchev–Trinajstić information content (AvgIpc) is 2.34. The van der Waals surface area contributed by atoms with E-state index in [0.717, 1.165) is 17.4 Å². The molecule has 114 valence electrons. The minimum Gasteiger partial charge on any atom is -0.308 e. The summed E-state index contributed by atoms with van der Waals surface area (Å²) in [4.78, 5) is 2.27. The zero-order chi connectivity index (χ0) is 15.1. The zero-order valence-electron chi connectivity index (χ0n) is 13.5. The first-order valence-corrected chi connectivity index (χ1v) is 8.37. The second-order valence-electron chi connectivity index (χ2n) is 6.27. The van der Waals surface area contributed by atoms with Gasteiger partial charge in [0.05, 0.1) is 0 Å². The second kappa shape index (κ2) is 8.81. The number of likely N-dealkylation sites (N-methyl/N-ethyl adjacent to an activating group) is 1. The molecule has 0 spiro atoms. The molecule has 1 rings (SSSR count). The Balaban J connectivity index is 2.77. The lowest BCUT2D eigenvalue weighted by Crippen LogP contribution is -2.41. The molecule has 0 saturated carbocycles.